The predicted molar refractivity (Wildman–Crippen MR) is 141 cm³/mol. The van der Waals surface area contributed by atoms with Crippen LogP contribution in [0, 0.1) is 10.1 Å². The van der Waals surface area contributed by atoms with E-state index in [0.29, 0.717) is 10.6 Å². The van der Waals surface area contributed by atoms with E-state index in [9.17, 15) is 28.1 Å². The lowest BCUT2D eigenvalue weighted by molar-refractivity contribution is -0.385. The molecule has 0 aliphatic carbocycles. The van der Waals surface area contributed by atoms with Crippen LogP contribution in [0.2, 0.25) is 10.0 Å². The van der Waals surface area contributed by atoms with E-state index in [1.807, 2.05) is 0 Å². The summed E-state index contributed by atoms with van der Waals surface area (Å²) < 4.78 is 30.8. The molecule has 9 nitrogen and oxygen atoms in total. The number of sulfone groups is 1. The molecular formula is C24H16Cl2N2O7S2. The molecule has 0 fully saturated rings. The van der Waals surface area contributed by atoms with Crippen LogP contribution in [0.3, 0.4) is 0 Å². The van der Waals surface area contributed by atoms with E-state index in [1.54, 1.807) is 18.2 Å². The van der Waals surface area contributed by atoms with Gasteiger partial charge in [-0.1, -0.05) is 41.0 Å². The van der Waals surface area contributed by atoms with Gasteiger partial charge in [0.1, 0.15) is 0 Å². The smallest absolute Gasteiger partial charge is 0.338 e. The lowest BCUT2D eigenvalue weighted by Crippen LogP contribution is -2.18. The summed E-state index contributed by atoms with van der Waals surface area (Å²) in [6, 6.07) is 12.7. The largest absolute Gasteiger partial charge is 0.465 e. The van der Waals surface area contributed by atoms with Crippen molar-refractivity contribution in [2.24, 2.45) is 0 Å². The van der Waals surface area contributed by atoms with Gasteiger partial charge in [-0.15, -0.1) is 0 Å². The minimum atomic E-state index is -3.86. The number of thioether (sulfide) groups is 1. The number of fused-ring (bicyclic) bond motifs is 1. The quantitative estimate of drug-likeness (QED) is 0.169. The number of methoxy groups -OCH3 is 1. The van der Waals surface area contributed by atoms with Gasteiger partial charge in [-0.05, 0) is 48.5 Å². The Balaban J connectivity index is 1.69. The van der Waals surface area contributed by atoms with Crippen LogP contribution in [-0.4, -0.2) is 32.3 Å². The SMILES string of the molecule is COC(=O)c1ccc(/C=C2\Sc3cc(S(=O)(=O)Cc4c(Cl)cccc4Cl)ccc3NC2=O)c([N+](=O)[O-])c1. The third-order valence-corrected chi connectivity index (χ3v) is 8.76. The Hall–Kier alpha value is -3.38. The number of benzene rings is 3. The summed E-state index contributed by atoms with van der Waals surface area (Å²) in [6.07, 6.45) is 1.30. The van der Waals surface area contributed by atoms with Crippen LogP contribution in [-0.2, 0) is 25.1 Å². The van der Waals surface area contributed by atoms with Crippen LogP contribution in [0.5, 0.6) is 0 Å². The number of nitro benzene ring substituents is 1. The maximum atomic E-state index is 13.1. The van der Waals surface area contributed by atoms with Gasteiger partial charge >= 0.3 is 5.97 Å². The first-order valence-corrected chi connectivity index (χ1v) is 13.6. The Morgan fingerprint density at radius 2 is 1.84 bits per heavy atom. The van der Waals surface area contributed by atoms with Crippen molar-refractivity contribution in [3.05, 3.63) is 96.4 Å². The number of hydrogen-bond donors (Lipinski definition) is 1. The first kappa shape index (κ1) is 26.7. The normalized spacial score (nSPS) is 14.1. The van der Waals surface area contributed by atoms with Crippen LogP contribution in [0.1, 0.15) is 21.5 Å². The number of nitrogens with zero attached hydrogens (tertiary/aromatic N) is 1. The molecule has 0 aromatic heterocycles. The molecular weight excluding hydrogens is 563 g/mol. The summed E-state index contributed by atoms with van der Waals surface area (Å²) in [5.41, 5.74) is 0.319. The molecule has 1 amide bonds. The van der Waals surface area contributed by atoms with Gasteiger partial charge in [-0.25, -0.2) is 13.2 Å². The zero-order chi connectivity index (χ0) is 26.9. The standard InChI is InChI=1S/C24H16Cl2N2O7S2/c1-35-24(30)14-6-5-13(20(9-14)28(31)32)10-22-23(29)27-19-8-7-15(11-21(19)36-22)37(33,34)12-16-17(25)3-2-4-18(16)26/h2-11H,12H2,1H3,(H,27,29)/b22-10-. The second-order valence-corrected chi connectivity index (χ2v) is 11.6. The number of rotatable bonds is 6. The predicted octanol–water partition coefficient (Wildman–Crippen LogP) is 5.75. The zero-order valence-corrected chi connectivity index (χ0v) is 22.0. The minimum Gasteiger partial charge on any atom is -0.465 e. The molecule has 0 radical (unpaired) electrons. The number of carbonyl (C=O) groups excluding carboxylic acids is 2. The molecule has 1 aliphatic rings. The molecule has 1 N–H and O–H groups in total. The van der Waals surface area contributed by atoms with Crippen molar-refractivity contribution < 1.29 is 27.7 Å². The fourth-order valence-electron chi connectivity index (χ4n) is 3.48. The lowest BCUT2D eigenvalue weighted by Gasteiger charge is -2.19. The molecule has 4 rings (SSSR count). The fourth-order valence-corrected chi connectivity index (χ4v) is 6.66. The van der Waals surface area contributed by atoms with E-state index < -0.39 is 38.1 Å². The van der Waals surface area contributed by atoms with Gasteiger partial charge in [-0.3, -0.25) is 14.9 Å². The van der Waals surface area contributed by atoms with E-state index >= 15 is 0 Å². The number of esters is 1. The molecule has 0 atom stereocenters. The summed E-state index contributed by atoms with van der Waals surface area (Å²) in [4.78, 5) is 35.8. The third kappa shape index (κ3) is 5.64. The van der Waals surface area contributed by atoms with E-state index in [2.05, 4.69) is 10.1 Å². The van der Waals surface area contributed by atoms with Crippen LogP contribution in [0.4, 0.5) is 11.4 Å². The second-order valence-electron chi connectivity index (χ2n) is 7.70. The van der Waals surface area contributed by atoms with Crippen molar-refractivity contribution in [3.8, 4) is 0 Å². The highest BCUT2D eigenvalue weighted by Crippen LogP contribution is 2.41. The van der Waals surface area contributed by atoms with Crippen LogP contribution < -0.4 is 5.32 Å². The number of carbonyl (C=O) groups is 2. The Morgan fingerprint density at radius 1 is 1.14 bits per heavy atom. The maximum absolute atomic E-state index is 13.1. The molecule has 0 unspecified atom stereocenters. The molecule has 13 heteroatoms. The molecule has 190 valence electrons. The van der Waals surface area contributed by atoms with Gasteiger partial charge in [-0.2, -0.15) is 0 Å². The molecule has 1 heterocycles. The summed E-state index contributed by atoms with van der Waals surface area (Å²) in [6.45, 7) is 0. The molecule has 37 heavy (non-hydrogen) atoms. The minimum absolute atomic E-state index is 0.0151. The Bertz CT molecular complexity index is 1580. The van der Waals surface area contributed by atoms with E-state index in [-0.39, 0.29) is 36.5 Å². The van der Waals surface area contributed by atoms with Gasteiger partial charge < -0.3 is 10.1 Å². The van der Waals surface area contributed by atoms with Gasteiger partial charge in [0, 0.05) is 26.6 Å². The zero-order valence-electron chi connectivity index (χ0n) is 18.9. The highest BCUT2D eigenvalue weighted by Gasteiger charge is 2.26. The summed E-state index contributed by atoms with van der Waals surface area (Å²) in [5, 5.41) is 14.7. The highest BCUT2D eigenvalue weighted by atomic mass is 35.5. The maximum Gasteiger partial charge on any atom is 0.338 e. The van der Waals surface area contributed by atoms with Crippen molar-refractivity contribution >= 4 is 74.1 Å². The third-order valence-electron chi connectivity index (χ3n) is 5.33. The number of halogens is 2. The Kier molecular flexibility index (Phi) is 7.60. The van der Waals surface area contributed by atoms with Crippen LogP contribution >= 0.6 is 35.0 Å². The molecule has 0 saturated heterocycles. The van der Waals surface area contributed by atoms with Crippen LogP contribution in [0.15, 0.2) is 69.3 Å². The monoisotopic (exact) mass is 578 g/mol. The van der Waals surface area contributed by atoms with E-state index in [4.69, 9.17) is 23.2 Å². The molecule has 3 aromatic rings. The summed E-state index contributed by atoms with van der Waals surface area (Å²) in [5.74, 6) is -1.70. The number of ether oxygens (including phenoxy) is 1. The first-order valence-electron chi connectivity index (χ1n) is 10.4. The molecule has 1 aliphatic heterocycles. The van der Waals surface area contributed by atoms with Crippen molar-refractivity contribution in [2.75, 3.05) is 12.4 Å². The van der Waals surface area contributed by atoms with Gasteiger partial charge in [0.05, 0.1) is 44.4 Å². The Morgan fingerprint density at radius 3 is 2.49 bits per heavy atom. The molecule has 3 aromatic carbocycles. The summed E-state index contributed by atoms with van der Waals surface area (Å²) >= 11 is 13.2. The van der Waals surface area contributed by atoms with Crippen molar-refractivity contribution in [1.82, 2.24) is 0 Å². The number of hydrogen-bond acceptors (Lipinski definition) is 8. The molecule has 0 bridgehead atoms. The average Bonchev–Trinajstić information content (AvgIpc) is 2.86. The van der Waals surface area contributed by atoms with Gasteiger partial charge in [0.15, 0.2) is 9.84 Å². The number of nitro groups is 1. The van der Waals surface area contributed by atoms with Gasteiger partial charge in [0.2, 0.25) is 0 Å². The molecule has 0 spiro atoms. The van der Waals surface area contributed by atoms with Crippen molar-refractivity contribution in [3.63, 3.8) is 0 Å². The van der Waals surface area contributed by atoms with E-state index in [1.165, 1.54) is 36.4 Å². The lowest BCUT2D eigenvalue weighted by atomic mass is 10.1. The average molecular weight is 579 g/mol. The second kappa shape index (κ2) is 10.5. The van der Waals surface area contributed by atoms with Crippen molar-refractivity contribution in [1.29, 1.82) is 0 Å². The summed E-state index contributed by atoms with van der Waals surface area (Å²) in [7, 11) is -2.71. The number of nitrogens with one attached hydrogen (secondary N) is 1. The van der Waals surface area contributed by atoms with Gasteiger partial charge in [0.25, 0.3) is 11.6 Å². The highest BCUT2D eigenvalue weighted by molar-refractivity contribution is 8.04. The molecule has 0 saturated carbocycles. The Labute approximate surface area is 225 Å². The number of amides is 1. The topological polar surface area (TPSA) is 133 Å². The van der Waals surface area contributed by atoms with Crippen molar-refractivity contribution in [2.45, 2.75) is 15.5 Å². The fraction of sp³-hybridized carbons (Fsp3) is 0.0833. The first-order chi connectivity index (χ1) is 17.5. The van der Waals surface area contributed by atoms with E-state index in [0.717, 1.165) is 24.9 Å². The van der Waals surface area contributed by atoms with Crippen LogP contribution in [0.25, 0.3) is 6.08 Å². The number of anilines is 1.